The average molecular weight is 419 g/mol. The third-order valence-corrected chi connectivity index (χ3v) is 5.32. The van der Waals surface area contributed by atoms with E-state index in [1.165, 1.54) is 48.2 Å². The van der Waals surface area contributed by atoms with Crippen molar-refractivity contribution in [1.29, 1.82) is 0 Å². The lowest BCUT2D eigenvalue weighted by Crippen LogP contribution is -2.39. The van der Waals surface area contributed by atoms with Gasteiger partial charge < -0.3 is 10.2 Å². The predicted molar refractivity (Wildman–Crippen MR) is 112 cm³/mol. The quantitative estimate of drug-likeness (QED) is 0.508. The normalized spacial score (nSPS) is 15.6. The van der Waals surface area contributed by atoms with Gasteiger partial charge in [-0.2, -0.15) is 0 Å². The van der Waals surface area contributed by atoms with Crippen molar-refractivity contribution in [2.45, 2.75) is 13.0 Å². The van der Waals surface area contributed by atoms with Gasteiger partial charge in [0.1, 0.15) is 12.4 Å². The summed E-state index contributed by atoms with van der Waals surface area (Å²) in [6.07, 6.45) is 0. The fourth-order valence-electron chi connectivity index (χ4n) is 3.87. The molecule has 0 saturated carbocycles. The van der Waals surface area contributed by atoms with E-state index in [-0.39, 0.29) is 23.4 Å². The van der Waals surface area contributed by atoms with Gasteiger partial charge in [-0.3, -0.25) is 19.7 Å². The number of halogens is 1. The van der Waals surface area contributed by atoms with E-state index in [1.807, 2.05) is 6.07 Å². The molecule has 3 aromatic carbocycles. The zero-order chi connectivity index (χ0) is 22.1. The molecular weight excluding hydrogens is 401 g/mol. The maximum absolute atomic E-state index is 14.2. The lowest BCUT2D eigenvalue weighted by atomic mass is 9.94. The highest BCUT2D eigenvalue weighted by Gasteiger charge is 2.35. The Morgan fingerprint density at radius 3 is 2.58 bits per heavy atom. The highest BCUT2D eigenvalue weighted by molar-refractivity contribution is 6.02. The van der Waals surface area contributed by atoms with Gasteiger partial charge in [0.15, 0.2) is 0 Å². The van der Waals surface area contributed by atoms with Crippen LogP contribution in [0, 0.1) is 22.9 Å². The van der Waals surface area contributed by atoms with Crippen LogP contribution in [-0.2, 0) is 4.79 Å². The number of nitro groups is 1. The molecule has 0 radical (unpaired) electrons. The number of carbonyl (C=O) groups excluding carboxylic acids is 2. The second-order valence-corrected chi connectivity index (χ2v) is 7.23. The van der Waals surface area contributed by atoms with Crippen molar-refractivity contribution in [2.75, 3.05) is 11.9 Å². The average Bonchev–Trinajstić information content (AvgIpc) is 2.89. The molecule has 0 bridgehead atoms. The molecule has 4 rings (SSSR count). The van der Waals surface area contributed by atoms with E-state index >= 15 is 0 Å². The molecule has 0 spiro atoms. The summed E-state index contributed by atoms with van der Waals surface area (Å²) < 4.78 is 14.2. The minimum atomic E-state index is -0.767. The Kier molecular flexibility index (Phi) is 5.21. The smallest absolute Gasteiger partial charge is 0.273 e. The number of hydrogen-bond donors (Lipinski definition) is 1. The van der Waals surface area contributed by atoms with Crippen molar-refractivity contribution in [3.63, 3.8) is 0 Å². The number of nitrogens with zero attached hydrogens (tertiary/aromatic N) is 2. The molecule has 7 nitrogen and oxygen atoms in total. The maximum atomic E-state index is 14.2. The molecule has 3 aromatic rings. The molecule has 156 valence electrons. The molecule has 1 N–H and O–H groups in total. The molecule has 31 heavy (non-hydrogen) atoms. The predicted octanol–water partition coefficient (Wildman–Crippen LogP) is 4.23. The Morgan fingerprint density at radius 1 is 1.13 bits per heavy atom. The third kappa shape index (κ3) is 3.75. The van der Waals surface area contributed by atoms with Crippen molar-refractivity contribution >= 4 is 23.2 Å². The number of fused-ring (bicyclic) bond motifs is 1. The molecule has 8 heteroatoms. The van der Waals surface area contributed by atoms with Crippen molar-refractivity contribution in [2.24, 2.45) is 0 Å². The van der Waals surface area contributed by atoms with Crippen LogP contribution in [0.25, 0.3) is 0 Å². The molecule has 1 aliphatic heterocycles. The van der Waals surface area contributed by atoms with Crippen molar-refractivity contribution < 1.29 is 18.9 Å². The summed E-state index contributed by atoms with van der Waals surface area (Å²) in [4.78, 5) is 38.3. The highest BCUT2D eigenvalue weighted by atomic mass is 19.1. The van der Waals surface area contributed by atoms with Gasteiger partial charge in [0.05, 0.1) is 11.0 Å². The van der Waals surface area contributed by atoms with Gasteiger partial charge in [-0.15, -0.1) is 0 Å². The van der Waals surface area contributed by atoms with Crippen molar-refractivity contribution in [1.82, 2.24) is 4.90 Å². The summed E-state index contributed by atoms with van der Waals surface area (Å²) in [5, 5.41) is 14.1. The first-order valence-corrected chi connectivity index (χ1v) is 9.56. The summed E-state index contributed by atoms with van der Waals surface area (Å²) in [5.74, 6) is -1.50. The summed E-state index contributed by atoms with van der Waals surface area (Å²) in [7, 11) is 0. The molecule has 1 aliphatic rings. The number of anilines is 1. The van der Waals surface area contributed by atoms with Crippen molar-refractivity contribution in [3.05, 3.63) is 105 Å². The Morgan fingerprint density at radius 2 is 1.87 bits per heavy atom. The van der Waals surface area contributed by atoms with Crippen LogP contribution in [0.4, 0.5) is 15.8 Å². The first kappa shape index (κ1) is 20.2. The van der Waals surface area contributed by atoms with Crippen LogP contribution in [-0.4, -0.2) is 28.2 Å². The van der Waals surface area contributed by atoms with Crippen LogP contribution in [0.5, 0.6) is 0 Å². The standard InChI is InChI=1S/C23H18FN3O4/c1-14-17(8-5-9-20(14)27(30)31)23(29)26-13-21(28)25-19-11-10-16(24)12-18(19)22(26)15-6-3-2-4-7-15/h2-12,22H,13H2,1H3,(H,25,28). The summed E-state index contributed by atoms with van der Waals surface area (Å²) in [5.41, 5.74) is 1.64. The molecular formula is C23H18FN3O4. The minimum Gasteiger partial charge on any atom is -0.324 e. The fraction of sp³-hybridized carbons (Fsp3) is 0.130. The summed E-state index contributed by atoms with van der Waals surface area (Å²) >= 11 is 0. The molecule has 2 amide bonds. The van der Waals surface area contributed by atoms with E-state index in [0.717, 1.165) is 0 Å². The SMILES string of the molecule is Cc1c(C(=O)N2CC(=O)Nc3ccc(F)cc3C2c2ccccc2)cccc1[N+](=O)[O-]. The number of hydrogen-bond acceptors (Lipinski definition) is 4. The highest BCUT2D eigenvalue weighted by Crippen LogP contribution is 2.37. The second kappa shape index (κ2) is 7.98. The van der Waals surface area contributed by atoms with Crippen LogP contribution in [0.2, 0.25) is 0 Å². The number of carbonyl (C=O) groups is 2. The van der Waals surface area contributed by atoms with Gasteiger partial charge in [0, 0.05) is 28.4 Å². The van der Waals surface area contributed by atoms with E-state index in [9.17, 15) is 24.1 Å². The van der Waals surface area contributed by atoms with E-state index in [2.05, 4.69) is 5.32 Å². The van der Waals surface area contributed by atoms with Gasteiger partial charge in [-0.05, 0) is 36.8 Å². The van der Waals surface area contributed by atoms with Crippen LogP contribution in [0.3, 0.4) is 0 Å². The van der Waals surface area contributed by atoms with Crippen LogP contribution in [0.15, 0.2) is 66.7 Å². The van der Waals surface area contributed by atoms with Gasteiger partial charge in [0.2, 0.25) is 5.91 Å². The molecule has 1 heterocycles. The molecule has 0 aliphatic carbocycles. The largest absolute Gasteiger partial charge is 0.324 e. The first-order chi connectivity index (χ1) is 14.9. The number of amides is 2. The topological polar surface area (TPSA) is 92.6 Å². The lowest BCUT2D eigenvalue weighted by Gasteiger charge is -2.31. The Labute approximate surface area is 177 Å². The third-order valence-electron chi connectivity index (χ3n) is 5.32. The minimum absolute atomic E-state index is 0.114. The maximum Gasteiger partial charge on any atom is 0.273 e. The van der Waals surface area contributed by atoms with Gasteiger partial charge >= 0.3 is 0 Å². The van der Waals surface area contributed by atoms with Gasteiger partial charge in [-0.25, -0.2) is 4.39 Å². The molecule has 0 aromatic heterocycles. The van der Waals surface area contributed by atoms with E-state index < -0.39 is 28.6 Å². The zero-order valence-corrected chi connectivity index (χ0v) is 16.5. The number of rotatable bonds is 3. The molecule has 0 saturated heterocycles. The number of benzene rings is 3. The van der Waals surface area contributed by atoms with E-state index in [4.69, 9.17) is 0 Å². The van der Waals surface area contributed by atoms with Crippen molar-refractivity contribution in [3.8, 4) is 0 Å². The Bertz CT molecular complexity index is 1200. The van der Waals surface area contributed by atoms with Crippen LogP contribution < -0.4 is 5.32 Å². The first-order valence-electron chi connectivity index (χ1n) is 9.56. The summed E-state index contributed by atoms with van der Waals surface area (Å²) in [6, 6.07) is 16.4. The Balaban J connectivity index is 1.91. The molecule has 1 atom stereocenters. The number of nitrogens with one attached hydrogen (secondary N) is 1. The van der Waals surface area contributed by atoms with Gasteiger partial charge in [0.25, 0.3) is 11.6 Å². The number of nitro benzene ring substituents is 1. The summed E-state index contributed by atoms with van der Waals surface area (Å²) in [6.45, 7) is 1.20. The fourth-order valence-corrected chi connectivity index (χ4v) is 3.87. The molecule has 0 fully saturated rings. The Hall–Kier alpha value is -4.07. The van der Waals surface area contributed by atoms with Crippen LogP contribution >= 0.6 is 0 Å². The van der Waals surface area contributed by atoms with E-state index in [0.29, 0.717) is 16.8 Å². The van der Waals surface area contributed by atoms with Gasteiger partial charge in [-0.1, -0.05) is 36.4 Å². The van der Waals surface area contributed by atoms with Crippen LogP contribution in [0.1, 0.15) is 33.1 Å². The molecule has 1 unspecified atom stereocenters. The second-order valence-electron chi connectivity index (χ2n) is 7.23. The van der Waals surface area contributed by atoms with E-state index in [1.54, 1.807) is 24.3 Å². The monoisotopic (exact) mass is 419 g/mol. The lowest BCUT2D eigenvalue weighted by molar-refractivity contribution is -0.385. The zero-order valence-electron chi connectivity index (χ0n) is 16.5.